The average Bonchev–Trinajstić information content (AvgIpc) is 2.54. The molecule has 1 aromatic rings. The highest BCUT2D eigenvalue weighted by molar-refractivity contribution is 6.03. The Kier molecular flexibility index (Phi) is 3.71. The molecule has 2 rings (SSSR count). The van der Waals surface area contributed by atoms with Gasteiger partial charge in [0.25, 0.3) is 0 Å². The zero-order chi connectivity index (χ0) is 14.2. The Morgan fingerprint density at radius 1 is 1.26 bits per heavy atom. The van der Waals surface area contributed by atoms with Crippen LogP contribution < -0.4 is 5.73 Å². The van der Waals surface area contributed by atoms with Gasteiger partial charge >= 0.3 is 0 Å². The Morgan fingerprint density at radius 3 is 2.32 bits per heavy atom. The third-order valence-corrected chi connectivity index (χ3v) is 3.52. The summed E-state index contributed by atoms with van der Waals surface area (Å²) in [5.41, 5.74) is 9.38. The quantitative estimate of drug-likeness (QED) is 0.841. The van der Waals surface area contributed by atoms with Crippen LogP contribution in [0.1, 0.15) is 36.1 Å². The predicted octanol–water partition coefficient (Wildman–Crippen LogP) is 1.70. The van der Waals surface area contributed by atoms with Gasteiger partial charge in [-0.1, -0.05) is 36.2 Å². The zero-order valence-electron chi connectivity index (χ0n) is 11.6. The number of imide groups is 1. The van der Waals surface area contributed by atoms with Crippen LogP contribution in [-0.2, 0) is 9.59 Å². The average molecular weight is 260 g/mol. The fourth-order valence-corrected chi connectivity index (χ4v) is 2.57. The van der Waals surface area contributed by atoms with Gasteiger partial charge in [-0.3, -0.25) is 14.5 Å². The van der Waals surface area contributed by atoms with Crippen molar-refractivity contribution in [2.45, 2.75) is 33.2 Å². The summed E-state index contributed by atoms with van der Waals surface area (Å²) in [5.74, 6) is -0.430. The van der Waals surface area contributed by atoms with E-state index < -0.39 is 0 Å². The monoisotopic (exact) mass is 260 g/mol. The summed E-state index contributed by atoms with van der Waals surface area (Å²) in [4.78, 5) is 24.9. The summed E-state index contributed by atoms with van der Waals surface area (Å²) < 4.78 is 0. The molecular formula is C15H20N2O2. The summed E-state index contributed by atoms with van der Waals surface area (Å²) in [5, 5.41) is 0. The van der Waals surface area contributed by atoms with Gasteiger partial charge in [0.2, 0.25) is 11.8 Å². The number of carbonyl (C=O) groups excluding carboxylic acids is 2. The molecule has 0 aromatic heterocycles. The second kappa shape index (κ2) is 5.13. The Bertz CT molecular complexity index is 505. The third-order valence-electron chi connectivity index (χ3n) is 3.52. The number of likely N-dealkylation sites (tertiary alicyclic amines) is 1. The fourth-order valence-electron chi connectivity index (χ4n) is 2.57. The molecular weight excluding hydrogens is 240 g/mol. The number of nitrogens with zero attached hydrogens (tertiary/aromatic N) is 1. The lowest BCUT2D eigenvalue weighted by molar-refractivity contribution is -0.139. The number of benzene rings is 1. The van der Waals surface area contributed by atoms with Crippen LogP contribution in [0.25, 0.3) is 0 Å². The van der Waals surface area contributed by atoms with E-state index in [1.54, 1.807) is 6.92 Å². The van der Waals surface area contributed by atoms with E-state index in [-0.39, 0.29) is 30.3 Å². The normalized spacial score (nSPS) is 21.1. The molecule has 2 unspecified atom stereocenters. The molecule has 0 saturated carbocycles. The highest BCUT2D eigenvalue weighted by atomic mass is 16.2. The Morgan fingerprint density at radius 2 is 1.84 bits per heavy atom. The molecule has 102 valence electrons. The highest BCUT2D eigenvalue weighted by Gasteiger charge is 2.36. The van der Waals surface area contributed by atoms with Crippen LogP contribution in [0.2, 0.25) is 0 Å². The van der Waals surface area contributed by atoms with Crippen LogP contribution in [-0.4, -0.2) is 23.3 Å². The summed E-state index contributed by atoms with van der Waals surface area (Å²) in [6.45, 7) is 6.07. The summed E-state index contributed by atoms with van der Waals surface area (Å²) in [7, 11) is 0. The van der Waals surface area contributed by atoms with E-state index in [4.69, 9.17) is 5.73 Å². The number of hydrogen-bond acceptors (Lipinski definition) is 3. The zero-order valence-corrected chi connectivity index (χ0v) is 11.6. The molecule has 4 heteroatoms. The molecule has 0 radical (unpaired) electrons. The summed E-state index contributed by atoms with van der Waals surface area (Å²) in [6.07, 6.45) is 0.304. The molecule has 2 N–H and O–H groups in total. The Hall–Kier alpha value is -1.68. The molecule has 4 nitrogen and oxygen atoms in total. The van der Waals surface area contributed by atoms with Gasteiger partial charge in [-0.2, -0.15) is 0 Å². The SMILES string of the molecule is Cc1cc(C)cc(C(N)CN2C(=O)CC(C)C2=O)c1. The minimum Gasteiger partial charge on any atom is -0.322 e. The van der Waals surface area contributed by atoms with Crippen LogP contribution in [0.5, 0.6) is 0 Å². The van der Waals surface area contributed by atoms with Crippen LogP contribution >= 0.6 is 0 Å². The van der Waals surface area contributed by atoms with E-state index >= 15 is 0 Å². The first-order valence-corrected chi connectivity index (χ1v) is 6.56. The largest absolute Gasteiger partial charge is 0.322 e. The number of hydrogen-bond donors (Lipinski definition) is 1. The number of nitrogens with two attached hydrogens (primary N) is 1. The Balaban J connectivity index is 2.15. The topological polar surface area (TPSA) is 63.4 Å². The van der Waals surface area contributed by atoms with Crippen LogP contribution in [0, 0.1) is 19.8 Å². The van der Waals surface area contributed by atoms with E-state index in [0.29, 0.717) is 6.42 Å². The maximum Gasteiger partial charge on any atom is 0.232 e. The lowest BCUT2D eigenvalue weighted by Crippen LogP contribution is -2.36. The van der Waals surface area contributed by atoms with Crippen molar-refractivity contribution >= 4 is 11.8 Å². The Labute approximate surface area is 113 Å². The molecule has 0 bridgehead atoms. The van der Waals surface area contributed by atoms with Gasteiger partial charge in [0.15, 0.2) is 0 Å². The van der Waals surface area contributed by atoms with Gasteiger partial charge in [0.05, 0.1) is 0 Å². The van der Waals surface area contributed by atoms with Crippen molar-refractivity contribution in [3.05, 3.63) is 34.9 Å². The minimum absolute atomic E-state index is 0.107. The van der Waals surface area contributed by atoms with E-state index in [1.807, 2.05) is 26.0 Å². The summed E-state index contributed by atoms with van der Waals surface area (Å²) in [6, 6.07) is 5.76. The van der Waals surface area contributed by atoms with E-state index in [0.717, 1.165) is 16.7 Å². The molecule has 1 aromatic carbocycles. The molecule has 0 aliphatic carbocycles. The standard InChI is InChI=1S/C15H20N2O2/c1-9-4-10(2)6-12(5-9)13(16)8-17-14(18)7-11(3)15(17)19/h4-6,11,13H,7-8,16H2,1-3H3. The second-order valence-electron chi connectivity index (χ2n) is 5.48. The maximum atomic E-state index is 11.9. The van der Waals surface area contributed by atoms with Crippen molar-refractivity contribution < 1.29 is 9.59 Å². The van der Waals surface area contributed by atoms with Gasteiger partial charge in [-0.25, -0.2) is 0 Å². The van der Waals surface area contributed by atoms with Gasteiger partial charge in [0, 0.05) is 24.9 Å². The van der Waals surface area contributed by atoms with Gasteiger partial charge in [-0.05, 0) is 19.4 Å². The predicted molar refractivity (Wildman–Crippen MR) is 73.3 cm³/mol. The fraction of sp³-hybridized carbons (Fsp3) is 0.467. The van der Waals surface area contributed by atoms with Crippen LogP contribution in [0.4, 0.5) is 0 Å². The lowest BCUT2D eigenvalue weighted by Gasteiger charge is -2.20. The van der Waals surface area contributed by atoms with Gasteiger partial charge < -0.3 is 5.73 Å². The molecule has 1 fully saturated rings. The van der Waals surface area contributed by atoms with Gasteiger partial charge in [-0.15, -0.1) is 0 Å². The number of amides is 2. The molecule has 1 aliphatic heterocycles. The van der Waals surface area contributed by atoms with Crippen LogP contribution in [0.15, 0.2) is 18.2 Å². The maximum absolute atomic E-state index is 11.9. The molecule has 1 heterocycles. The van der Waals surface area contributed by atoms with Crippen molar-refractivity contribution in [2.24, 2.45) is 11.7 Å². The molecule has 2 amide bonds. The van der Waals surface area contributed by atoms with E-state index in [9.17, 15) is 9.59 Å². The van der Waals surface area contributed by atoms with Crippen molar-refractivity contribution in [2.75, 3.05) is 6.54 Å². The number of rotatable bonds is 3. The molecule has 1 saturated heterocycles. The summed E-state index contributed by atoms with van der Waals surface area (Å²) >= 11 is 0. The smallest absolute Gasteiger partial charge is 0.232 e. The number of carbonyl (C=O) groups is 2. The lowest BCUT2D eigenvalue weighted by atomic mass is 10.0. The van der Waals surface area contributed by atoms with Crippen molar-refractivity contribution in [3.63, 3.8) is 0 Å². The molecule has 0 spiro atoms. The van der Waals surface area contributed by atoms with Crippen molar-refractivity contribution in [3.8, 4) is 0 Å². The van der Waals surface area contributed by atoms with E-state index in [2.05, 4.69) is 6.07 Å². The first-order chi connectivity index (χ1) is 8.88. The van der Waals surface area contributed by atoms with Crippen molar-refractivity contribution in [1.82, 2.24) is 4.90 Å². The highest BCUT2D eigenvalue weighted by Crippen LogP contribution is 2.22. The first kappa shape index (κ1) is 13.7. The minimum atomic E-state index is -0.322. The molecule has 1 aliphatic rings. The van der Waals surface area contributed by atoms with E-state index in [1.165, 1.54) is 4.90 Å². The van der Waals surface area contributed by atoms with Gasteiger partial charge in [0.1, 0.15) is 0 Å². The second-order valence-corrected chi connectivity index (χ2v) is 5.48. The third kappa shape index (κ3) is 2.84. The van der Waals surface area contributed by atoms with Crippen molar-refractivity contribution in [1.29, 1.82) is 0 Å². The first-order valence-electron chi connectivity index (χ1n) is 6.56. The van der Waals surface area contributed by atoms with Crippen LogP contribution in [0.3, 0.4) is 0 Å². The molecule has 2 atom stereocenters. The number of aryl methyl sites for hydroxylation is 2. The molecule has 19 heavy (non-hydrogen) atoms.